The predicted molar refractivity (Wildman–Crippen MR) is 110 cm³/mol. The van der Waals surface area contributed by atoms with Gasteiger partial charge < -0.3 is 5.11 Å². The van der Waals surface area contributed by atoms with Gasteiger partial charge in [-0.1, -0.05) is 66.7 Å². The molecule has 26 heavy (non-hydrogen) atoms. The fourth-order valence-electron chi connectivity index (χ4n) is 3.54. The molecule has 0 aliphatic heterocycles. The van der Waals surface area contributed by atoms with Gasteiger partial charge in [0.05, 0.1) is 6.10 Å². The van der Waals surface area contributed by atoms with E-state index in [1.807, 2.05) is 6.07 Å². The van der Waals surface area contributed by atoms with Crippen molar-refractivity contribution in [1.82, 2.24) is 4.90 Å². The van der Waals surface area contributed by atoms with Crippen molar-refractivity contribution in [2.45, 2.75) is 45.9 Å². The van der Waals surface area contributed by atoms with Crippen molar-refractivity contribution in [1.29, 1.82) is 0 Å². The van der Waals surface area contributed by atoms with Gasteiger partial charge in [0, 0.05) is 19.1 Å². The summed E-state index contributed by atoms with van der Waals surface area (Å²) in [5, 5.41) is 13.3. The molecule has 3 aromatic rings. The van der Waals surface area contributed by atoms with Crippen LogP contribution in [0.4, 0.5) is 0 Å². The van der Waals surface area contributed by atoms with Gasteiger partial charge in [-0.15, -0.1) is 0 Å². The molecule has 1 unspecified atom stereocenters. The molecule has 1 atom stereocenters. The summed E-state index contributed by atoms with van der Waals surface area (Å²) >= 11 is 0. The van der Waals surface area contributed by atoms with Gasteiger partial charge in [0.1, 0.15) is 0 Å². The van der Waals surface area contributed by atoms with Crippen molar-refractivity contribution in [3.63, 3.8) is 0 Å². The van der Waals surface area contributed by atoms with Crippen molar-refractivity contribution < 1.29 is 5.11 Å². The topological polar surface area (TPSA) is 23.5 Å². The summed E-state index contributed by atoms with van der Waals surface area (Å²) in [6, 6.07) is 23.6. The van der Waals surface area contributed by atoms with E-state index < -0.39 is 6.10 Å². The minimum atomic E-state index is -0.447. The Hall–Kier alpha value is -2.16. The third-order valence-corrected chi connectivity index (χ3v) is 5.18. The average molecular weight is 348 g/mol. The molecule has 0 aliphatic carbocycles. The summed E-state index contributed by atoms with van der Waals surface area (Å²) < 4.78 is 0. The number of aryl methyl sites for hydroxylation is 1. The zero-order valence-electron chi connectivity index (χ0n) is 16.0. The van der Waals surface area contributed by atoms with Gasteiger partial charge in [-0.25, -0.2) is 0 Å². The number of benzene rings is 3. The number of hydrogen-bond donors (Lipinski definition) is 1. The van der Waals surface area contributed by atoms with Crippen LogP contribution in [0, 0.1) is 6.92 Å². The van der Waals surface area contributed by atoms with Crippen LogP contribution in [0.2, 0.25) is 0 Å². The van der Waals surface area contributed by atoms with Crippen LogP contribution in [-0.2, 0) is 6.54 Å². The first-order valence-corrected chi connectivity index (χ1v) is 9.50. The monoisotopic (exact) mass is 347 g/mol. The molecular weight excluding hydrogens is 318 g/mol. The standard InChI is InChI=1S/C24H29NO/c1-18(2)25(17-20-9-5-4-6-10-20)16-15-24(26)23-14-13-19(3)21-11-7-8-12-22(21)23/h4-14,18,24,26H,15-17H2,1-3H3. The maximum atomic E-state index is 10.9. The average Bonchev–Trinajstić information content (AvgIpc) is 2.66. The van der Waals surface area contributed by atoms with E-state index in [1.54, 1.807) is 0 Å². The molecule has 0 aromatic heterocycles. The van der Waals surface area contributed by atoms with Gasteiger partial charge in [-0.3, -0.25) is 4.90 Å². The summed E-state index contributed by atoms with van der Waals surface area (Å²) in [5.74, 6) is 0. The number of rotatable bonds is 7. The van der Waals surface area contributed by atoms with Gasteiger partial charge in [0.25, 0.3) is 0 Å². The van der Waals surface area contributed by atoms with Crippen LogP contribution in [0.15, 0.2) is 66.7 Å². The van der Waals surface area contributed by atoms with Crippen LogP contribution >= 0.6 is 0 Å². The van der Waals surface area contributed by atoms with Crippen molar-refractivity contribution in [2.75, 3.05) is 6.54 Å². The summed E-state index contributed by atoms with van der Waals surface area (Å²) in [6.45, 7) is 8.35. The number of fused-ring (bicyclic) bond motifs is 1. The Morgan fingerprint density at radius 2 is 1.50 bits per heavy atom. The minimum absolute atomic E-state index is 0.442. The lowest BCUT2D eigenvalue weighted by atomic mass is 9.95. The number of hydrogen-bond acceptors (Lipinski definition) is 2. The van der Waals surface area contributed by atoms with Crippen molar-refractivity contribution in [3.05, 3.63) is 83.4 Å². The Morgan fingerprint density at radius 3 is 2.19 bits per heavy atom. The SMILES string of the molecule is Cc1ccc(C(O)CCN(Cc2ccccc2)C(C)C)c2ccccc12. The highest BCUT2D eigenvalue weighted by molar-refractivity contribution is 5.88. The summed E-state index contributed by atoms with van der Waals surface area (Å²) in [5.41, 5.74) is 3.61. The van der Waals surface area contributed by atoms with Crippen LogP contribution in [0.3, 0.4) is 0 Å². The first-order valence-electron chi connectivity index (χ1n) is 9.50. The third kappa shape index (κ3) is 4.32. The molecule has 136 valence electrons. The molecule has 0 fully saturated rings. The van der Waals surface area contributed by atoms with E-state index >= 15 is 0 Å². The van der Waals surface area contributed by atoms with Crippen LogP contribution < -0.4 is 0 Å². The smallest absolute Gasteiger partial charge is 0.0808 e. The van der Waals surface area contributed by atoms with E-state index in [9.17, 15) is 5.11 Å². The lowest BCUT2D eigenvalue weighted by Crippen LogP contribution is -2.32. The highest BCUT2D eigenvalue weighted by Gasteiger charge is 2.16. The predicted octanol–water partition coefficient (Wildman–Crippen LogP) is 5.48. The van der Waals surface area contributed by atoms with Gasteiger partial charge in [0.15, 0.2) is 0 Å². The van der Waals surface area contributed by atoms with E-state index in [0.29, 0.717) is 6.04 Å². The molecule has 0 heterocycles. The van der Waals surface area contributed by atoms with Gasteiger partial charge in [-0.2, -0.15) is 0 Å². The Labute approximate surface area is 157 Å². The van der Waals surface area contributed by atoms with Crippen molar-refractivity contribution >= 4 is 10.8 Å². The van der Waals surface area contributed by atoms with E-state index in [1.165, 1.54) is 21.9 Å². The fourth-order valence-corrected chi connectivity index (χ4v) is 3.54. The zero-order chi connectivity index (χ0) is 18.5. The van der Waals surface area contributed by atoms with Gasteiger partial charge >= 0.3 is 0 Å². The Bertz CT molecular complexity index is 841. The Kier molecular flexibility index (Phi) is 6.08. The second-order valence-corrected chi connectivity index (χ2v) is 7.37. The van der Waals surface area contributed by atoms with Crippen LogP contribution in [0.25, 0.3) is 10.8 Å². The molecule has 2 nitrogen and oxygen atoms in total. The molecule has 0 bridgehead atoms. The van der Waals surface area contributed by atoms with Gasteiger partial charge in [0.2, 0.25) is 0 Å². The quantitative estimate of drug-likeness (QED) is 0.611. The molecule has 2 heteroatoms. The molecule has 0 aliphatic rings. The van der Waals surface area contributed by atoms with E-state index in [0.717, 1.165) is 25.1 Å². The summed E-state index contributed by atoms with van der Waals surface area (Å²) in [7, 11) is 0. The molecule has 3 rings (SSSR count). The number of aliphatic hydroxyl groups excluding tert-OH is 1. The second kappa shape index (κ2) is 8.48. The lowest BCUT2D eigenvalue weighted by molar-refractivity contribution is 0.128. The first kappa shape index (κ1) is 18.6. The zero-order valence-corrected chi connectivity index (χ0v) is 16.0. The molecule has 0 radical (unpaired) electrons. The molecule has 1 N–H and O–H groups in total. The van der Waals surface area contributed by atoms with Crippen LogP contribution in [0.5, 0.6) is 0 Å². The molecule has 3 aromatic carbocycles. The van der Waals surface area contributed by atoms with Crippen LogP contribution in [-0.4, -0.2) is 22.6 Å². The Balaban J connectivity index is 1.73. The lowest BCUT2D eigenvalue weighted by Gasteiger charge is -2.28. The third-order valence-electron chi connectivity index (χ3n) is 5.18. The maximum absolute atomic E-state index is 10.9. The molecular formula is C24H29NO. The Morgan fingerprint density at radius 1 is 0.846 bits per heavy atom. The van der Waals surface area contributed by atoms with E-state index in [-0.39, 0.29) is 0 Å². The molecule has 0 saturated carbocycles. The number of aliphatic hydroxyl groups is 1. The van der Waals surface area contributed by atoms with Gasteiger partial charge in [-0.05, 0) is 54.7 Å². The highest BCUT2D eigenvalue weighted by atomic mass is 16.3. The number of nitrogens with zero attached hydrogens (tertiary/aromatic N) is 1. The van der Waals surface area contributed by atoms with E-state index in [2.05, 4.69) is 86.3 Å². The van der Waals surface area contributed by atoms with Crippen molar-refractivity contribution in [3.8, 4) is 0 Å². The fraction of sp³-hybridized carbons (Fsp3) is 0.333. The normalized spacial score (nSPS) is 12.8. The maximum Gasteiger partial charge on any atom is 0.0808 e. The molecule has 0 spiro atoms. The second-order valence-electron chi connectivity index (χ2n) is 7.37. The summed E-state index contributed by atoms with van der Waals surface area (Å²) in [4.78, 5) is 2.43. The molecule has 0 amide bonds. The minimum Gasteiger partial charge on any atom is -0.388 e. The van der Waals surface area contributed by atoms with Crippen molar-refractivity contribution in [2.24, 2.45) is 0 Å². The highest BCUT2D eigenvalue weighted by Crippen LogP contribution is 2.29. The first-order chi connectivity index (χ1) is 12.6. The summed E-state index contributed by atoms with van der Waals surface area (Å²) in [6.07, 6.45) is 0.287. The molecule has 0 saturated heterocycles. The van der Waals surface area contributed by atoms with E-state index in [4.69, 9.17) is 0 Å². The largest absolute Gasteiger partial charge is 0.388 e. The van der Waals surface area contributed by atoms with Crippen LogP contribution in [0.1, 0.15) is 43.1 Å².